The fourth-order valence-corrected chi connectivity index (χ4v) is 3.15. The summed E-state index contributed by atoms with van der Waals surface area (Å²) in [6, 6.07) is 11.7. The average molecular weight is 441 g/mol. The maximum absolute atomic E-state index is 12.0. The summed E-state index contributed by atoms with van der Waals surface area (Å²) < 4.78 is 7.30. The van der Waals surface area contributed by atoms with Crippen LogP contribution in [0, 0.1) is 6.92 Å². The normalized spacial score (nSPS) is 10.7. The number of ether oxygens (including phenoxy) is 1. The van der Waals surface area contributed by atoms with Crippen LogP contribution in [-0.2, 0) is 4.79 Å². The van der Waals surface area contributed by atoms with Crippen molar-refractivity contribution < 1.29 is 9.53 Å². The number of rotatable bonds is 5. The van der Waals surface area contributed by atoms with Gasteiger partial charge in [-0.05, 0) is 80.1 Å². The molecule has 0 unspecified atom stereocenters. The van der Waals surface area contributed by atoms with Crippen LogP contribution in [0.3, 0.4) is 0 Å². The molecule has 0 bridgehead atoms. The first-order valence-electron chi connectivity index (χ1n) is 7.35. The molecule has 2 aromatic carbocycles. The van der Waals surface area contributed by atoms with Gasteiger partial charge in [0.05, 0.1) is 10.2 Å². The number of anilines is 1. The van der Waals surface area contributed by atoms with Gasteiger partial charge in [0.2, 0.25) is 0 Å². The second kappa shape index (κ2) is 7.97. The minimum atomic E-state index is -0.200. The zero-order valence-corrected chi connectivity index (χ0v) is 16.5. The zero-order chi connectivity index (χ0) is 17.0. The zero-order valence-electron chi connectivity index (χ0n) is 13.3. The molecule has 1 N–H and O–H groups in total. The molecule has 0 radical (unpaired) electrons. The SMILES string of the molecule is Cc1ccc(NC(=O)COc2ccc(C(C)C)cc2Br)c(Br)c1. The highest BCUT2D eigenvalue weighted by Crippen LogP contribution is 2.29. The summed E-state index contributed by atoms with van der Waals surface area (Å²) in [6.45, 7) is 6.22. The molecule has 0 spiro atoms. The van der Waals surface area contributed by atoms with E-state index in [0.717, 1.165) is 20.2 Å². The molecule has 122 valence electrons. The molecule has 5 heteroatoms. The molecule has 0 aromatic heterocycles. The third-order valence-corrected chi connectivity index (χ3v) is 4.66. The summed E-state index contributed by atoms with van der Waals surface area (Å²) in [5.74, 6) is 0.907. The second-order valence-corrected chi connectivity index (χ2v) is 7.37. The van der Waals surface area contributed by atoms with Crippen LogP contribution in [0.5, 0.6) is 5.75 Å². The Labute approximate surface area is 153 Å². The van der Waals surface area contributed by atoms with E-state index in [1.807, 2.05) is 43.3 Å². The van der Waals surface area contributed by atoms with E-state index in [0.29, 0.717) is 11.7 Å². The van der Waals surface area contributed by atoms with Gasteiger partial charge in [-0.1, -0.05) is 26.0 Å². The lowest BCUT2D eigenvalue weighted by atomic mass is 10.0. The molecule has 0 saturated carbocycles. The summed E-state index contributed by atoms with van der Waals surface area (Å²) in [5.41, 5.74) is 3.08. The van der Waals surface area contributed by atoms with Gasteiger partial charge in [-0.15, -0.1) is 0 Å². The van der Waals surface area contributed by atoms with Crippen LogP contribution in [-0.4, -0.2) is 12.5 Å². The van der Waals surface area contributed by atoms with Gasteiger partial charge in [0.15, 0.2) is 6.61 Å². The summed E-state index contributed by atoms with van der Waals surface area (Å²) in [6.07, 6.45) is 0. The smallest absolute Gasteiger partial charge is 0.262 e. The van der Waals surface area contributed by atoms with Crippen molar-refractivity contribution in [1.29, 1.82) is 0 Å². The monoisotopic (exact) mass is 439 g/mol. The van der Waals surface area contributed by atoms with Crippen molar-refractivity contribution in [2.45, 2.75) is 26.7 Å². The molecule has 0 fully saturated rings. The van der Waals surface area contributed by atoms with Crippen molar-refractivity contribution in [2.75, 3.05) is 11.9 Å². The van der Waals surface area contributed by atoms with Gasteiger partial charge in [-0.3, -0.25) is 4.79 Å². The number of halogens is 2. The van der Waals surface area contributed by atoms with Crippen molar-refractivity contribution in [3.05, 3.63) is 56.5 Å². The van der Waals surface area contributed by atoms with E-state index < -0.39 is 0 Å². The van der Waals surface area contributed by atoms with Gasteiger partial charge in [0, 0.05) is 4.47 Å². The van der Waals surface area contributed by atoms with Crippen LogP contribution in [0.15, 0.2) is 45.3 Å². The van der Waals surface area contributed by atoms with E-state index in [2.05, 4.69) is 51.0 Å². The van der Waals surface area contributed by atoms with E-state index in [4.69, 9.17) is 4.74 Å². The van der Waals surface area contributed by atoms with Crippen LogP contribution in [0.4, 0.5) is 5.69 Å². The minimum Gasteiger partial charge on any atom is -0.483 e. The van der Waals surface area contributed by atoms with Gasteiger partial charge < -0.3 is 10.1 Å². The number of amides is 1. The molecule has 0 aliphatic rings. The topological polar surface area (TPSA) is 38.3 Å². The lowest BCUT2D eigenvalue weighted by Gasteiger charge is -2.12. The molecule has 0 saturated heterocycles. The average Bonchev–Trinajstić information content (AvgIpc) is 2.48. The molecule has 23 heavy (non-hydrogen) atoms. The third kappa shape index (κ3) is 5.08. The van der Waals surface area contributed by atoms with Gasteiger partial charge in [0.25, 0.3) is 5.91 Å². The van der Waals surface area contributed by atoms with Crippen LogP contribution in [0.1, 0.15) is 30.9 Å². The number of carbonyl (C=O) groups is 1. The molecule has 2 aromatic rings. The number of aryl methyl sites for hydroxylation is 1. The Morgan fingerprint density at radius 2 is 1.87 bits per heavy atom. The maximum Gasteiger partial charge on any atom is 0.262 e. The highest BCUT2D eigenvalue weighted by atomic mass is 79.9. The quantitative estimate of drug-likeness (QED) is 0.651. The predicted octanol–water partition coefficient (Wildman–Crippen LogP) is 5.66. The summed E-state index contributed by atoms with van der Waals surface area (Å²) in [5, 5.41) is 2.83. The van der Waals surface area contributed by atoms with Gasteiger partial charge in [-0.25, -0.2) is 0 Å². The van der Waals surface area contributed by atoms with Crippen molar-refractivity contribution >= 4 is 43.5 Å². The van der Waals surface area contributed by atoms with E-state index in [1.165, 1.54) is 5.56 Å². The largest absolute Gasteiger partial charge is 0.483 e. The Morgan fingerprint density at radius 3 is 2.48 bits per heavy atom. The van der Waals surface area contributed by atoms with E-state index >= 15 is 0 Å². The Balaban J connectivity index is 1.96. The predicted molar refractivity (Wildman–Crippen MR) is 101 cm³/mol. The van der Waals surface area contributed by atoms with Crippen molar-refractivity contribution in [2.24, 2.45) is 0 Å². The van der Waals surface area contributed by atoms with Crippen LogP contribution in [0.2, 0.25) is 0 Å². The minimum absolute atomic E-state index is 0.0417. The highest BCUT2D eigenvalue weighted by molar-refractivity contribution is 9.11. The number of nitrogens with one attached hydrogen (secondary N) is 1. The lowest BCUT2D eigenvalue weighted by molar-refractivity contribution is -0.118. The van der Waals surface area contributed by atoms with E-state index in [9.17, 15) is 4.79 Å². The first kappa shape index (κ1) is 18.0. The molecule has 0 atom stereocenters. The summed E-state index contributed by atoms with van der Waals surface area (Å²) >= 11 is 6.93. The van der Waals surface area contributed by atoms with Crippen LogP contribution >= 0.6 is 31.9 Å². The Kier molecular flexibility index (Phi) is 6.25. The number of carbonyl (C=O) groups excluding carboxylic acids is 1. The van der Waals surface area contributed by atoms with E-state index in [-0.39, 0.29) is 12.5 Å². The Hall–Kier alpha value is -1.33. The maximum atomic E-state index is 12.0. The van der Waals surface area contributed by atoms with Crippen LogP contribution in [0.25, 0.3) is 0 Å². The number of hydrogen-bond acceptors (Lipinski definition) is 2. The second-order valence-electron chi connectivity index (χ2n) is 5.66. The molecule has 2 rings (SSSR count). The fraction of sp³-hybridized carbons (Fsp3) is 0.278. The highest BCUT2D eigenvalue weighted by Gasteiger charge is 2.09. The Morgan fingerprint density at radius 1 is 1.13 bits per heavy atom. The van der Waals surface area contributed by atoms with Crippen molar-refractivity contribution in [1.82, 2.24) is 0 Å². The van der Waals surface area contributed by atoms with Gasteiger partial charge in [-0.2, -0.15) is 0 Å². The molecule has 0 aliphatic heterocycles. The van der Waals surface area contributed by atoms with Gasteiger partial charge in [0.1, 0.15) is 5.75 Å². The van der Waals surface area contributed by atoms with E-state index in [1.54, 1.807) is 0 Å². The standard InChI is InChI=1S/C18H19Br2NO2/c1-11(2)13-5-7-17(15(20)9-13)23-10-18(22)21-16-6-4-12(3)8-14(16)19/h4-9,11H,10H2,1-3H3,(H,21,22). The lowest BCUT2D eigenvalue weighted by Crippen LogP contribution is -2.20. The molecular formula is C18H19Br2NO2. The third-order valence-electron chi connectivity index (χ3n) is 3.38. The summed E-state index contributed by atoms with van der Waals surface area (Å²) in [4.78, 5) is 12.0. The number of benzene rings is 2. The van der Waals surface area contributed by atoms with Gasteiger partial charge >= 0.3 is 0 Å². The molecule has 1 amide bonds. The van der Waals surface area contributed by atoms with Crippen molar-refractivity contribution in [3.8, 4) is 5.75 Å². The fourth-order valence-electron chi connectivity index (χ4n) is 2.04. The van der Waals surface area contributed by atoms with Crippen molar-refractivity contribution in [3.63, 3.8) is 0 Å². The van der Waals surface area contributed by atoms with Crippen LogP contribution < -0.4 is 10.1 Å². The first-order chi connectivity index (χ1) is 10.9. The molecule has 3 nitrogen and oxygen atoms in total. The molecule has 0 aliphatic carbocycles. The molecular weight excluding hydrogens is 422 g/mol. The summed E-state index contributed by atoms with van der Waals surface area (Å²) in [7, 11) is 0. The molecule has 0 heterocycles. The first-order valence-corrected chi connectivity index (χ1v) is 8.93. The number of hydrogen-bond donors (Lipinski definition) is 1. The Bertz CT molecular complexity index is 714.